The van der Waals surface area contributed by atoms with E-state index in [1.807, 2.05) is 0 Å². The average molecular weight is 533 g/mol. The SMILES string of the molecule is CCCCOCCOc1ccc(-c2cc(=O)[nH]c(-c3cc(CNC(=O)C(C)C)ccc3C(F)(F)F)n2)cn1. The molecule has 0 unspecified atom stereocenters. The molecule has 11 heteroatoms. The summed E-state index contributed by atoms with van der Waals surface area (Å²) in [6.07, 6.45) is -1.24. The fourth-order valence-electron chi connectivity index (χ4n) is 3.44. The molecule has 8 nitrogen and oxygen atoms in total. The Morgan fingerprint density at radius 2 is 1.89 bits per heavy atom. The summed E-state index contributed by atoms with van der Waals surface area (Å²) in [5.41, 5.74) is -0.878. The molecule has 1 aromatic carbocycles. The van der Waals surface area contributed by atoms with E-state index in [-0.39, 0.29) is 35.5 Å². The zero-order valence-electron chi connectivity index (χ0n) is 21.5. The van der Waals surface area contributed by atoms with Gasteiger partial charge >= 0.3 is 6.18 Å². The van der Waals surface area contributed by atoms with Gasteiger partial charge in [0.2, 0.25) is 11.8 Å². The maximum Gasteiger partial charge on any atom is 0.417 e. The van der Waals surface area contributed by atoms with Crippen molar-refractivity contribution < 1.29 is 27.4 Å². The second-order valence-electron chi connectivity index (χ2n) is 8.93. The lowest BCUT2D eigenvalue weighted by atomic mass is 10.0. The molecule has 204 valence electrons. The molecule has 0 aliphatic carbocycles. The smallest absolute Gasteiger partial charge is 0.417 e. The van der Waals surface area contributed by atoms with Crippen LogP contribution in [-0.2, 0) is 22.3 Å². The highest BCUT2D eigenvalue weighted by Crippen LogP contribution is 2.36. The van der Waals surface area contributed by atoms with Gasteiger partial charge in [-0.15, -0.1) is 0 Å². The van der Waals surface area contributed by atoms with E-state index in [2.05, 4.69) is 27.2 Å². The highest BCUT2D eigenvalue weighted by atomic mass is 19.4. The molecule has 0 atom stereocenters. The number of halogens is 3. The Morgan fingerprint density at radius 1 is 1.11 bits per heavy atom. The van der Waals surface area contributed by atoms with Gasteiger partial charge in [0.15, 0.2) is 0 Å². The van der Waals surface area contributed by atoms with Crippen molar-refractivity contribution >= 4 is 5.91 Å². The van der Waals surface area contributed by atoms with Gasteiger partial charge in [-0.3, -0.25) is 9.59 Å². The first-order chi connectivity index (χ1) is 18.1. The predicted octanol–water partition coefficient (Wildman–Crippen LogP) is 4.99. The van der Waals surface area contributed by atoms with Gasteiger partial charge in [0.05, 0.1) is 17.9 Å². The molecule has 0 aliphatic rings. The molecule has 1 amide bonds. The summed E-state index contributed by atoms with van der Waals surface area (Å²) >= 11 is 0. The molecular weight excluding hydrogens is 501 g/mol. The topological polar surface area (TPSA) is 106 Å². The zero-order valence-corrected chi connectivity index (χ0v) is 21.5. The molecule has 0 aliphatic heterocycles. The van der Waals surface area contributed by atoms with Crippen LogP contribution < -0.4 is 15.6 Å². The van der Waals surface area contributed by atoms with E-state index in [0.29, 0.717) is 36.8 Å². The van der Waals surface area contributed by atoms with Crippen LogP contribution in [0.15, 0.2) is 47.4 Å². The molecule has 0 spiro atoms. The molecule has 0 saturated heterocycles. The number of alkyl halides is 3. The summed E-state index contributed by atoms with van der Waals surface area (Å²) in [6, 6.07) is 7.86. The summed E-state index contributed by atoms with van der Waals surface area (Å²) in [5, 5.41) is 2.68. The number of aromatic nitrogens is 3. The van der Waals surface area contributed by atoms with E-state index < -0.39 is 17.3 Å². The molecule has 2 aromatic heterocycles. The van der Waals surface area contributed by atoms with Crippen LogP contribution in [-0.4, -0.2) is 40.7 Å². The van der Waals surface area contributed by atoms with E-state index in [0.717, 1.165) is 18.9 Å². The standard InChI is InChI=1S/C27H31F3N4O4/c1-4-5-10-37-11-12-38-24-9-7-19(16-31-24)22-14-23(35)34-25(33-22)20-13-18(15-32-26(36)17(2)3)6-8-21(20)27(28,29)30/h6-9,13-14,16-17H,4-5,10-12,15H2,1-3H3,(H,32,36)(H,33,34,35). The van der Waals surface area contributed by atoms with Crippen molar-refractivity contribution in [1.29, 1.82) is 0 Å². The number of nitrogens with zero attached hydrogens (tertiary/aromatic N) is 2. The van der Waals surface area contributed by atoms with E-state index >= 15 is 0 Å². The van der Waals surface area contributed by atoms with Crippen molar-refractivity contribution in [2.45, 2.75) is 46.3 Å². The van der Waals surface area contributed by atoms with Gasteiger partial charge in [-0.25, -0.2) is 9.97 Å². The van der Waals surface area contributed by atoms with Crippen molar-refractivity contribution in [1.82, 2.24) is 20.3 Å². The van der Waals surface area contributed by atoms with Gasteiger partial charge in [-0.2, -0.15) is 13.2 Å². The van der Waals surface area contributed by atoms with Crippen LogP contribution >= 0.6 is 0 Å². The van der Waals surface area contributed by atoms with Gasteiger partial charge in [0.25, 0.3) is 5.56 Å². The number of unbranched alkanes of at least 4 members (excludes halogenated alkanes) is 1. The second kappa shape index (κ2) is 13.2. The van der Waals surface area contributed by atoms with Crippen LogP contribution in [0.5, 0.6) is 5.88 Å². The van der Waals surface area contributed by atoms with Gasteiger partial charge in [0.1, 0.15) is 12.4 Å². The Bertz CT molecular complexity index is 1270. The third-order valence-electron chi connectivity index (χ3n) is 5.53. The number of H-pyrrole nitrogens is 1. The molecule has 0 bridgehead atoms. The Morgan fingerprint density at radius 3 is 2.55 bits per heavy atom. The fourth-order valence-corrected chi connectivity index (χ4v) is 3.44. The number of hydrogen-bond donors (Lipinski definition) is 2. The van der Waals surface area contributed by atoms with Crippen molar-refractivity contribution in [2.24, 2.45) is 5.92 Å². The number of nitrogens with one attached hydrogen (secondary N) is 2. The molecule has 0 fully saturated rings. The Balaban J connectivity index is 1.85. The minimum Gasteiger partial charge on any atom is -0.475 e. The molecule has 0 saturated carbocycles. The van der Waals surface area contributed by atoms with Crippen molar-refractivity contribution in [3.8, 4) is 28.5 Å². The lowest BCUT2D eigenvalue weighted by Gasteiger charge is -2.15. The molecule has 0 radical (unpaired) electrons. The number of aromatic amines is 1. The lowest BCUT2D eigenvalue weighted by molar-refractivity contribution is -0.137. The number of rotatable bonds is 12. The number of carbonyl (C=O) groups is 1. The number of carbonyl (C=O) groups excluding carboxylic acids is 1. The first kappa shape index (κ1) is 28.8. The monoisotopic (exact) mass is 532 g/mol. The lowest BCUT2D eigenvalue weighted by Crippen LogP contribution is -2.27. The maximum absolute atomic E-state index is 13.8. The van der Waals surface area contributed by atoms with Crippen LogP contribution in [0.3, 0.4) is 0 Å². The number of pyridine rings is 1. The molecule has 38 heavy (non-hydrogen) atoms. The Labute approximate surface area is 218 Å². The minimum absolute atomic E-state index is 0.0289. The Hall–Kier alpha value is -3.73. The molecular formula is C27H31F3N4O4. The van der Waals surface area contributed by atoms with E-state index in [1.54, 1.807) is 26.0 Å². The van der Waals surface area contributed by atoms with Gasteiger partial charge in [-0.1, -0.05) is 33.3 Å². The summed E-state index contributed by atoms with van der Waals surface area (Å²) in [4.78, 5) is 35.2. The molecule has 2 heterocycles. The van der Waals surface area contributed by atoms with Crippen molar-refractivity contribution in [3.05, 3.63) is 64.1 Å². The minimum atomic E-state index is -4.69. The van der Waals surface area contributed by atoms with Crippen LogP contribution in [0, 0.1) is 5.92 Å². The van der Waals surface area contributed by atoms with E-state index in [1.165, 1.54) is 24.4 Å². The van der Waals surface area contributed by atoms with Gasteiger partial charge < -0.3 is 19.8 Å². The third-order valence-corrected chi connectivity index (χ3v) is 5.53. The maximum atomic E-state index is 13.8. The average Bonchev–Trinajstić information content (AvgIpc) is 2.88. The number of amides is 1. The number of hydrogen-bond acceptors (Lipinski definition) is 6. The largest absolute Gasteiger partial charge is 0.475 e. The second-order valence-corrected chi connectivity index (χ2v) is 8.93. The summed E-state index contributed by atoms with van der Waals surface area (Å²) in [6.45, 7) is 6.93. The fraction of sp³-hybridized carbons (Fsp3) is 0.407. The third kappa shape index (κ3) is 8.14. The highest BCUT2D eigenvalue weighted by Gasteiger charge is 2.34. The number of ether oxygens (including phenoxy) is 2. The van der Waals surface area contributed by atoms with Crippen LogP contribution in [0.1, 0.15) is 44.7 Å². The van der Waals surface area contributed by atoms with E-state index in [4.69, 9.17) is 9.47 Å². The summed E-state index contributed by atoms with van der Waals surface area (Å²) in [7, 11) is 0. The highest BCUT2D eigenvalue weighted by molar-refractivity contribution is 5.78. The summed E-state index contributed by atoms with van der Waals surface area (Å²) in [5.74, 6) is -0.415. The Kier molecular flexibility index (Phi) is 10.0. The predicted molar refractivity (Wildman–Crippen MR) is 136 cm³/mol. The van der Waals surface area contributed by atoms with Crippen LogP contribution in [0.25, 0.3) is 22.6 Å². The normalized spacial score (nSPS) is 11.6. The van der Waals surface area contributed by atoms with Crippen molar-refractivity contribution in [2.75, 3.05) is 19.8 Å². The van der Waals surface area contributed by atoms with Crippen LogP contribution in [0.2, 0.25) is 0 Å². The molecule has 2 N–H and O–H groups in total. The molecule has 3 rings (SSSR count). The summed E-state index contributed by atoms with van der Waals surface area (Å²) < 4.78 is 52.4. The number of benzene rings is 1. The van der Waals surface area contributed by atoms with Gasteiger partial charge in [-0.05, 0) is 30.2 Å². The zero-order chi connectivity index (χ0) is 27.7. The van der Waals surface area contributed by atoms with Gasteiger partial charge in [0, 0.05) is 48.5 Å². The van der Waals surface area contributed by atoms with Crippen molar-refractivity contribution in [3.63, 3.8) is 0 Å². The molecule has 3 aromatic rings. The van der Waals surface area contributed by atoms with Crippen LogP contribution in [0.4, 0.5) is 13.2 Å². The first-order valence-electron chi connectivity index (χ1n) is 12.3. The van der Waals surface area contributed by atoms with E-state index in [9.17, 15) is 22.8 Å². The first-order valence-corrected chi connectivity index (χ1v) is 12.3. The quantitative estimate of drug-likeness (QED) is 0.319.